The van der Waals surface area contributed by atoms with Crippen molar-refractivity contribution in [3.63, 3.8) is 0 Å². The third kappa shape index (κ3) is 10.3. The molecular formula is C36H52ClO2P. The van der Waals surface area contributed by atoms with E-state index < -0.39 is 7.26 Å². The molecule has 3 aromatic rings. The van der Waals surface area contributed by atoms with Crippen LogP contribution in [-0.2, 0) is 9.47 Å². The molecule has 0 fully saturated rings. The van der Waals surface area contributed by atoms with Crippen LogP contribution in [0.5, 0.6) is 0 Å². The maximum Gasteiger partial charge on any atom is 0.157 e. The topological polar surface area (TPSA) is 18.5 Å². The lowest BCUT2D eigenvalue weighted by Crippen LogP contribution is -3.00. The maximum absolute atomic E-state index is 5.91. The number of ether oxygens (including phenoxy) is 2. The van der Waals surface area contributed by atoms with Crippen LogP contribution < -0.4 is 28.3 Å². The molecular weight excluding hydrogens is 531 g/mol. The van der Waals surface area contributed by atoms with Crippen molar-refractivity contribution in [2.24, 2.45) is 0 Å². The van der Waals surface area contributed by atoms with Gasteiger partial charge >= 0.3 is 0 Å². The molecule has 0 spiro atoms. The summed E-state index contributed by atoms with van der Waals surface area (Å²) in [7, 11) is -1.74. The van der Waals surface area contributed by atoms with Crippen LogP contribution in [0.3, 0.4) is 0 Å². The van der Waals surface area contributed by atoms with Gasteiger partial charge in [0.25, 0.3) is 0 Å². The first-order valence-corrected chi connectivity index (χ1v) is 17.3. The molecule has 0 aliphatic carbocycles. The van der Waals surface area contributed by atoms with Gasteiger partial charge in [-0.15, -0.1) is 0 Å². The van der Waals surface area contributed by atoms with Crippen molar-refractivity contribution >= 4 is 23.2 Å². The zero-order chi connectivity index (χ0) is 27.9. The number of benzene rings is 3. The van der Waals surface area contributed by atoms with Crippen molar-refractivity contribution in [1.82, 2.24) is 0 Å². The summed E-state index contributed by atoms with van der Waals surface area (Å²) in [5.41, 5.74) is 3.98. The average molecular weight is 583 g/mol. The third-order valence-corrected chi connectivity index (χ3v) is 12.1. The summed E-state index contributed by atoms with van der Waals surface area (Å²) in [5.74, 6) is 0. The lowest BCUT2D eigenvalue weighted by Gasteiger charge is -2.28. The SMILES string of the molecule is CCCOC(CCCCCCCC[P+](c1ccc(C)cc1)(c1ccc(C)cc1)c1ccc(C)cc1)OCCC.[Cl-]. The molecule has 220 valence electrons. The Morgan fingerprint density at radius 2 is 0.875 bits per heavy atom. The highest BCUT2D eigenvalue weighted by Crippen LogP contribution is 2.56. The molecule has 0 unspecified atom stereocenters. The Hall–Kier alpha value is -1.70. The van der Waals surface area contributed by atoms with E-state index in [9.17, 15) is 0 Å². The highest BCUT2D eigenvalue weighted by molar-refractivity contribution is 7.95. The van der Waals surface area contributed by atoms with Gasteiger partial charge < -0.3 is 21.9 Å². The second-order valence-electron chi connectivity index (χ2n) is 11.1. The summed E-state index contributed by atoms with van der Waals surface area (Å²) in [6.07, 6.45) is 11.9. The standard InChI is InChI=1S/C36H52O2P.ClH/c1-6-27-37-36(38-28-7-2)14-12-10-8-9-11-13-29-39(33-21-15-30(3)16-22-33,34-23-17-31(4)18-24-34)35-25-19-32(5)20-26-35;/h15-26,36H,6-14,27-29H2,1-5H3;1H/q+1;/p-1. The molecule has 0 aromatic heterocycles. The molecule has 0 aliphatic heterocycles. The molecule has 2 nitrogen and oxygen atoms in total. The first-order valence-electron chi connectivity index (χ1n) is 15.3. The smallest absolute Gasteiger partial charge is 0.157 e. The van der Waals surface area contributed by atoms with Gasteiger partial charge in [0.15, 0.2) is 6.29 Å². The third-order valence-electron chi connectivity index (χ3n) is 7.62. The highest BCUT2D eigenvalue weighted by atomic mass is 35.5. The number of halogens is 1. The van der Waals surface area contributed by atoms with Gasteiger partial charge in [-0.2, -0.15) is 0 Å². The lowest BCUT2D eigenvalue weighted by atomic mass is 10.1. The average Bonchev–Trinajstić information content (AvgIpc) is 2.95. The molecule has 0 bridgehead atoms. The van der Waals surface area contributed by atoms with Crippen LogP contribution in [0.25, 0.3) is 0 Å². The minimum atomic E-state index is -1.74. The van der Waals surface area contributed by atoms with E-state index in [0.717, 1.165) is 32.5 Å². The van der Waals surface area contributed by atoms with Gasteiger partial charge in [0.05, 0.1) is 6.16 Å². The fourth-order valence-electron chi connectivity index (χ4n) is 5.31. The largest absolute Gasteiger partial charge is 1.00 e. The van der Waals surface area contributed by atoms with E-state index in [1.54, 1.807) is 0 Å². The van der Waals surface area contributed by atoms with Crippen LogP contribution in [0.2, 0.25) is 0 Å². The van der Waals surface area contributed by atoms with E-state index in [0.29, 0.717) is 0 Å². The summed E-state index contributed by atoms with van der Waals surface area (Å²) >= 11 is 0. The Morgan fingerprint density at radius 3 is 1.25 bits per heavy atom. The Kier molecular flexibility index (Phi) is 16.1. The van der Waals surface area contributed by atoms with Crippen LogP contribution in [0.1, 0.15) is 88.3 Å². The highest BCUT2D eigenvalue weighted by Gasteiger charge is 2.44. The van der Waals surface area contributed by atoms with E-state index in [1.807, 2.05) is 0 Å². The summed E-state index contributed by atoms with van der Waals surface area (Å²) in [6.45, 7) is 12.5. The van der Waals surface area contributed by atoms with E-state index in [2.05, 4.69) is 107 Å². The number of unbranched alkanes of at least 4 members (excludes halogenated alkanes) is 5. The second-order valence-corrected chi connectivity index (χ2v) is 14.7. The quantitative estimate of drug-likeness (QED) is 0.107. The van der Waals surface area contributed by atoms with Crippen LogP contribution in [0, 0.1) is 20.8 Å². The Morgan fingerprint density at radius 1 is 0.525 bits per heavy atom. The monoisotopic (exact) mass is 582 g/mol. The molecule has 0 atom stereocenters. The van der Waals surface area contributed by atoms with Crippen LogP contribution in [0.15, 0.2) is 72.8 Å². The summed E-state index contributed by atoms with van der Waals surface area (Å²) in [5, 5.41) is 4.52. The van der Waals surface area contributed by atoms with Crippen molar-refractivity contribution < 1.29 is 21.9 Å². The van der Waals surface area contributed by atoms with Crippen molar-refractivity contribution in [2.75, 3.05) is 19.4 Å². The van der Waals surface area contributed by atoms with E-state index in [4.69, 9.17) is 9.47 Å². The van der Waals surface area contributed by atoms with Crippen molar-refractivity contribution in [3.05, 3.63) is 89.5 Å². The number of rotatable bonds is 18. The predicted octanol–water partition coefficient (Wildman–Crippen LogP) is 5.82. The predicted molar refractivity (Wildman–Crippen MR) is 173 cm³/mol. The van der Waals surface area contributed by atoms with Gasteiger partial charge in [-0.1, -0.05) is 86.2 Å². The van der Waals surface area contributed by atoms with Crippen molar-refractivity contribution in [2.45, 2.75) is 98.7 Å². The molecule has 3 aromatic carbocycles. The molecule has 0 radical (unpaired) electrons. The molecule has 0 aliphatic rings. The Bertz CT molecular complexity index is 945. The van der Waals surface area contributed by atoms with Crippen LogP contribution >= 0.6 is 7.26 Å². The van der Waals surface area contributed by atoms with Crippen LogP contribution in [0.4, 0.5) is 0 Å². The molecule has 40 heavy (non-hydrogen) atoms. The molecule has 4 heteroatoms. The van der Waals surface area contributed by atoms with Crippen molar-refractivity contribution in [3.8, 4) is 0 Å². The van der Waals surface area contributed by atoms with Crippen LogP contribution in [-0.4, -0.2) is 25.7 Å². The van der Waals surface area contributed by atoms with Gasteiger partial charge in [-0.3, -0.25) is 0 Å². The zero-order valence-corrected chi connectivity index (χ0v) is 27.3. The molecule has 0 saturated carbocycles. The minimum absolute atomic E-state index is 0. The molecule has 0 N–H and O–H groups in total. The molecule has 0 saturated heterocycles. The zero-order valence-electron chi connectivity index (χ0n) is 25.6. The maximum atomic E-state index is 5.91. The first kappa shape index (κ1) is 34.5. The fraction of sp³-hybridized carbons (Fsp3) is 0.500. The molecule has 0 heterocycles. The van der Waals surface area contributed by atoms with Gasteiger partial charge in [0.1, 0.15) is 23.2 Å². The Labute approximate surface area is 252 Å². The summed E-state index contributed by atoms with van der Waals surface area (Å²) in [6, 6.07) is 28.2. The van der Waals surface area contributed by atoms with Gasteiger partial charge in [0, 0.05) is 13.2 Å². The minimum Gasteiger partial charge on any atom is -1.00 e. The lowest BCUT2D eigenvalue weighted by molar-refractivity contribution is -0.146. The first-order chi connectivity index (χ1) is 19.0. The van der Waals surface area contributed by atoms with Gasteiger partial charge in [-0.25, -0.2) is 0 Å². The second kappa shape index (κ2) is 18.7. The summed E-state index contributed by atoms with van der Waals surface area (Å²) in [4.78, 5) is 0. The van der Waals surface area contributed by atoms with E-state index >= 15 is 0 Å². The van der Waals surface area contributed by atoms with E-state index in [1.165, 1.54) is 77.3 Å². The molecule has 3 rings (SSSR count). The number of hydrogen-bond acceptors (Lipinski definition) is 2. The van der Waals surface area contributed by atoms with E-state index in [-0.39, 0.29) is 18.7 Å². The Balaban J connectivity index is 0.00000560. The molecule has 0 amide bonds. The van der Waals surface area contributed by atoms with Gasteiger partial charge in [0.2, 0.25) is 0 Å². The number of hydrogen-bond donors (Lipinski definition) is 0. The van der Waals surface area contributed by atoms with Crippen molar-refractivity contribution in [1.29, 1.82) is 0 Å². The summed E-state index contributed by atoms with van der Waals surface area (Å²) < 4.78 is 11.8. The van der Waals surface area contributed by atoms with Gasteiger partial charge in [-0.05, 0) is 95.7 Å². The normalized spacial score (nSPS) is 11.6. The number of aryl methyl sites for hydroxylation is 3. The fourth-order valence-corrected chi connectivity index (χ4v) is 9.65.